The normalized spacial score (nSPS) is 19.8. The molecule has 1 aromatic carbocycles. The summed E-state index contributed by atoms with van der Waals surface area (Å²) in [6.07, 6.45) is 3.73. The van der Waals surface area contributed by atoms with E-state index in [0.717, 1.165) is 25.7 Å². The second-order valence-corrected chi connectivity index (χ2v) is 7.83. The third-order valence-electron chi connectivity index (χ3n) is 5.29. The van der Waals surface area contributed by atoms with Crippen LogP contribution in [0, 0.1) is 5.92 Å². The third-order valence-corrected chi connectivity index (χ3v) is 5.29. The van der Waals surface area contributed by atoms with E-state index in [1.165, 1.54) is 5.56 Å². The molecule has 0 radical (unpaired) electrons. The Labute approximate surface area is 163 Å². The lowest BCUT2D eigenvalue weighted by atomic mass is 9.92. The summed E-state index contributed by atoms with van der Waals surface area (Å²) in [6.45, 7) is 9.61. The highest BCUT2D eigenvalue weighted by atomic mass is 16.5. The molecule has 2 unspecified atom stereocenters. The lowest BCUT2D eigenvalue weighted by Gasteiger charge is -2.37. The number of hydrogen-bond donors (Lipinski definition) is 1. The van der Waals surface area contributed by atoms with Crippen molar-refractivity contribution in [1.29, 1.82) is 0 Å². The first-order valence-corrected chi connectivity index (χ1v) is 10.2. The molecule has 1 aromatic rings. The maximum atomic E-state index is 12.7. The number of likely N-dealkylation sites (tertiary alicyclic amines) is 1. The fourth-order valence-electron chi connectivity index (χ4n) is 3.39. The largest absolute Gasteiger partial charge is 0.484 e. The van der Waals surface area contributed by atoms with Gasteiger partial charge in [0.2, 0.25) is 5.91 Å². The molecular formula is C22H34N2O3. The molecule has 5 nitrogen and oxygen atoms in total. The van der Waals surface area contributed by atoms with Crippen molar-refractivity contribution in [3.63, 3.8) is 0 Å². The van der Waals surface area contributed by atoms with E-state index in [4.69, 9.17) is 4.74 Å². The van der Waals surface area contributed by atoms with Crippen LogP contribution in [0.1, 0.15) is 64.9 Å². The van der Waals surface area contributed by atoms with Gasteiger partial charge < -0.3 is 15.0 Å². The lowest BCUT2D eigenvalue weighted by Crippen LogP contribution is -2.50. The van der Waals surface area contributed by atoms with Crippen molar-refractivity contribution >= 4 is 11.8 Å². The molecule has 1 fully saturated rings. The zero-order valence-electron chi connectivity index (χ0n) is 17.2. The number of piperidine rings is 1. The highest BCUT2D eigenvalue weighted by Gasteiger charge is 2.32. The summed E-state index contributed by atoms with van der Waals surface area (Å²) >= 11 is 0. The van der Waals surface area contributed by atoms with Gasteiger partial charge in [-0.05, 0) is 49.8 Å². The van der Waals surface area contributed by atoms with Gasteiger partial charge in [-0.25, -0.2) is 0 Å². The second kappa shape index (κ2) is 10.3. The van der Waals surface area contributed by atoms with E-state index < -0.39 is 0 Å². The Morgan fingerprint density at radius 1 is 1.30 bits per heavy atom. The van der Waals surface area contributed by atoms with Crippen LogP contribution in [-0.2, 0) is 9.59 Å². The summed E-state index contributed by atoms with van der Waals surface area (Å²) in [5.74, 6) is 1.03. The van der Waals surface area contributed by atoms with E-state index >= 15 is 0 Å². The first-order chi connectivity index (χ1) is 12.9. The zero-order valence-corrected chi connectivity index (χ0v) is 17.2. The van der Waals surface area contributed by atoms with Gasteiger partial charge in [-0.2, -0.15) is 0 Å². The number of hydrogen-bond acceptors (Lipinski definition) is 3. The molecule has 1 aliphatic rings. The number of nitrogens with one attached hydrogen (secondary N) is 1. The van der Waals surface area contributed by atoms with Crippen LogP contribution in [0.4, 0.5) is 0 Å². The lowest BCUT2D eigenvalue weighted by molar-refractivity contribution is -0.140. The number of benzene rings is 1. The van der Waals surface area contributed by atoms with Crippen LogP contribution < -0.4 is 10.1 Å². The predicted octanol–water partition coefficient (Wildman–Crippen LogP) is 3.73. The van der Waals surface area contributed by atoms with Crippen LogP contribution in [-0.4, -0.2) is 42.5 Å². The molecule has 0 bridgehead atoms. The topological polar surface area (TPSA) is 58.6 Å². The Morgan fingerprint density at radius 3 is 2.78 bits per heavy atom. The fourth-order valence-corrected chi connectivity index (χ4v) is 3.39. The van der Waals surface area contributed by atoms with Gasteiger partial charge in [0.15, 0.2) is 6.61 Å². The van der Waals surface area contributed by atoms with Crippen molar-refractivity contribution in [3.8, 4) is 5.75 Å². The molecule has 27 heavy (non-hydrogen) atoms. The average molecular weight is 375 g/mol. The van der Waals surface area contributed by atoms with Crippen LogP contribution in [0.5, 0.6) is 5.75 Å². The number of ether oxygens (including phenoxy) is 1. The fraction of sp³-hybridized carbons (Fsp3) is 0.636. The maximum absolute atomic E-state index is 12.7. The molecule has 150 valence electrons. The van der Waals surface area contributed by atoms with Crippen molar-refractivity contribution in [2.75, 3.05) is 19.7 Å². The van der Waals surface area contributed by atoms with Crippen LogP contribution in [0.15, 0.2) is 24.3 Å². The molecule has 1 saturated heterocycles. The number of nitrogens with zero attached hydrogens (tertiary/aromatic N) is 1. The SMILES string of the molecule is CCCCNC(=O)C1CCC(C)N(C(=O)COc2cccc(C(C)C)c2)C1. The Hall–Kier alpha value is -2.04. The third kappa shape index (κ3) is 6.26. The van der Waals surface area contributed by atoms with Crippen molar-refractivity contribution < 1.29 is 14.3 Å². The molecule has 1 N–H and O–H groups in total. The van der Waals surface area contributed by atoms with E-state index in [-0.39, 0.29) is 30.4 Å². The van der Waals surface area contributed by atoms with Crippen LogP contribution in [0.3, 0.4) is 0 Å². The van der Waals surface area contributed by atoms with Crippen LogP contribution in [0.2, 0.25) is 0 Å². The molecule has 5 heteroatoms. The summed E-state index contributed by atoms with van der Waals surface area (Å²) in [6, 6.07) is 8.02. The molecule has 2 atom stereocenters. The van der Waals surface area contributed by atoms with Crippen molar-refractivity contribution in [2.45, 2.75) is 65.3 Å². The summed E-state index contributed by atoms with van der Waals surface area (Å²) in [7, 11) is 0. The first-order valence-electron chi connectivity index (χ1n) is 10.2. The average Bonchev–Trinajstić information content (AvgIpc) is 2.66. The van der Waals surface area contributed by atoms with Gasteiger partial charge in [0.25, 0.3) is 5.91 Å². The van der Waals surface area contributed by atoms with Gasteiger partial charge in [0.05, 0.1) is 5.92 Å². The maximum Gasteiger partial charge on any atom is 0.260 e. The Morgan fingerprint density at radius 2 is 2.07 bits per heavy atom. The molecule has 0 aliphatic carbocycles. The highest BCUT2D eigenvalue weighted by molar-refractivity contribution is 5.82. The molecule has 2 rings (SSSR count). The van der Waals surface area contributed by atoms with Gasteiger partial charge in [-0.15, -0.1) is 0 Å². The molecule has 1 heterocycles. The van der Waals surface area contributed by atoms with E-state index in [9.17, 15) is 9.59 Å². The predicted molar refractivity (Wildman–Crippen MR) is 108 cm³/mol. The molecular weight excluding hydrogens is 340 g/mol. The van der Waals surface area contributed by atoms with Gasteiger partial charge >= 0.3 is 0 Å². The van der Waals surface area contributed by atoms with E-state index in [1.807, 2.05) is 25.1 Å². The molecule has 0 aromatic heterocycles. The van der Waals surface area contributed by atoms with Crippen LogP contribution in [0.25, 0.3) is 0 Å². The highest BCUT2D eigenvalue weighted by Crippen LogP contribution is 2.23. The number of carbonyl (C=O) groups excluding carboxylic acids is 2. The first kappa shape index (κ1) is 21.3. The van der Waals surface area contributed by atoms with Gasteiger partial charge in [0.1, 0.15) is 5.75 Å². The Kier molecular flexibility index (Phi) is 8.14. The molecule has 0 saturated carbocycles. The number of unbranched alkanes of at least 4 members (excludes halogenated alkanes) is 1. The number of rotatable bonds is 8. The molecule has 0 spiro atoms. The van der Waals surface area contributed by atoms with Gasteiger partial charge in [0, 0.05) is 19.1 Å². The van der Waals surface area contributed by atoms with Gasteiger partial charge in [-0.3, -0.25) is 9.59 Å². The minimum absolute atomic E-state index is 0.00998. The van der Waals surface area contributed by atoms with Gasteiger partial charge in [-0.1, -0.05) is 39.3 Å². The quantitative estimate of drug-likeness (QED) is 0.705. The second-order valence-electron chi connectivity index (χ2n) is 7.83. The summed E-state index contributed by atoms with van der Waals surface area (Å²) in [5.41, 5.74) is 1.19. The van der Waals surface area contributed by atoms with Crippen molar-refractivity contribution in [2.24, 2.45) is 5.92 Å². The molecule has 2 amide bonds. The minimum Gasteiger partial charge on any atom is -0.484 e. The van der Waals surface area contributed by atoms with E-state index in [2.05, 4.69) is 32.2 Å². The Balaban J connectivity index is 1.90. The number of carbonyl (C=O) groups is 2. The van der Waals surface area contributed by atoms with Crippen molar-refractivity contribution in [1.82, 2.24) is 10.2 Å². The van der Waals surface area contributed by atoms with Crippen molar-refractivity contribution in [3.05, 3.63) is 29.8 Å². The molecule has 1 aliphatic heterocycles. The summed E-state index contributed by atoms with van der Waals surface area (Å²) in [5, 5.41) is 2.99. The summed E-state index contributed by atoms with van der Waals surface area (Å²) < 4.78 is 5.74. The number of amides is 2. The van der Waals surface area contributed by atoms with Crippen LogP contribution >= 0.6 is 0 Å². The summed E-state index contributed by atoms with van der Waals surface area (Å²) in [4.78, 5) is 26.9. The van der Waals surface area contributed by atoms with E-state index in [1.54, 1.807) is 4.90 Å². The zero-order chi connectivity index (χ0) is 19.8. The monoisotopic (exact) mass is 374 g/mol. The van der Waals surface area contributed by atoms with E-state index in [0.29, 0.717) is 24.8 Å². The standard InChI is InChI=1S/C22H34N2O3/c1-5-6-12-23-22(26)19-11-10-17(4)24(14-19)21(25)15-27-20-9-7-8-18(13-20)16(2)3/h7-9,13,16-17,19H,5-6,10-12,14-15H2,1-4H3,(H,23,26). The smallest absolute Gasteiger partial charge is 0.260 e. The Bertz CT molecular complexity index is 630. The minimum atomic E-state index is -0.119.